The van der Waals surface area contributed by atoms with Crippen molar-refractivity contribution in [3.05, 3.63) is 53.1 Å². The van der Waals surface area contributed by atoms with Crippen molar-refractivity contribution in [2.75, 3.05) is 23.0 Å². The lowest BCUT2D eigenvalue weighted by Crippen LogP contribution is -2.25. The first-order chi connectivity index (χ1) is 12.9. The summed E-state index contributed by atoms with van der Waals surface area (Å²) in [6.45, 7) is 6.06. The smallest absolute Gasteiger partial charge is 0.237 e. The number of aryl methyl sites for hydroxylation is 1. The van der Waals surface area contributed by atoms with E-state index in [1.807, 2.05) is 32.0 Å². The van der Waals surface area contributed by atoms with E-state index in [-0.39, 0.29) is 17.6 Å². The zero-order chi connectivity index (χ0) is 19.8. The fourth-order valence-electron chi connectivity index (χ4n) is 2.23. The number of hydrogen-bond donors (Lipinski definition) is 2. The van der Waals surface area contributed by atoms with Crippen LogP contribution in [0.2, 0.25) is 5.02 Å². The minimum Gasteiger partial charge on any atom is -0.492 e. The van der Waals surface area contributed by atoms with Crippen LogP contribution >= 0.6 is 23.4 Å². The quantitative estimate of drug-likeness (QED) is 0.664. The van der Waals surface area contributed by atoms with E-state index in [0.717, 1.165) is 5.56 Å². The zero-order valence-electron chi connectivity index (χ0n) is 15.5. The number of rotatable bonds is 8. The van der Waals surface area contributed by atoms with Crippen LogP contribution in [0, 0.1) is 6.92 Å². The molecule has 1 atom stereocenters. The number of para-hydroxylation sites is 2. The van der Waals surface area contributed by atoms with E-state index in [4.69, 9.17) is 16.3 Å². The molecule has 0 radical (unpaired) electrons. The highest BCUT2D eigenvalue weighted by Crippen LogP contribution is 2.24. The first-order valence-corrected chi connectivity index (χ1v) is 10.0. The molecule has 0 aliphatic rings. The Morgan fingerprint density at radius 1 is 1.19 bits per heavy atom. The second-order valence-electron chi connectivity index (χ2n) is 5.88. The highest BCUT2D eigenvalue weighted by atomic mass is 35.5. The molecule has 5 nitrogen and oxygen atoms in total. The predicted octanol–water partition coefficient (Wildman–Crippen LogP) is 4.75. The van der Waals surface area contributed by atoms with Crippen molar-refractivity contribution in [3.8, 4) is 5.75 Å². The van der Waals surface area contributed by atoms with Crippen LogP contribution < -0.4 is 15.4 Å². The molecule has 2 aromatic rings. The number of thioether (sulfide) groups is 1. The molecule has 7 heteroatoms. The van der Waals surface area contributed by atoms with Gasteiger partial charge < -0.3 is 15.4 Å². The van der Waals surface area contributed by atoms with Gasteiger partial charge in [0.25, 0.3) is 0 Å². The molecule has 0 aromatic heterocycles. The molecule has 0 bridgehead atoms. The first kappa shape index (κ1) is 21.1. The number of hydrogen-bond acceptors (Lipinski definition) is 4. The van der Waals surface area contributed by atoms with Gasteiger partial charge >= 0.3 is 0 Å². The maximum atomic E-state index is 12.3. The molecular weight excluding hydrogens is 384 g/mol. The van der Waals surface area contributed by atoms with E-state index in [1.165, 1.54) is 11.8 Å². The Morgan fingerprint density at radius 3 is 2.63 bits per heavy atom. The molecule has 27 heavy (non-hydrogen) atoms. The number of ether oxygens (including phenoxy) is 1. The van der Waals surface area contributed by atoms with Gasteiger partial charge in [-0.15, -0.1) is 11.8 Å². The maximum Gasteiger partial charge on any atom is 0.237 e. The Labute approximate surface area is 168 Å². The summed E-state index contributed by atoms with van der Waals surface area (Å²) in [6, 6.07) is 12.6. The van der Waals surface area contributed by atoms with Gasteiger partial charge in [0.1, 0.15) is 5.75 Å². The molecule has 2 rings (SSSR count). The van der Waals surface area contributed by atoms with Gasteiger partial charge in [-0.1, -0.05) is 29.8 Å². The van der Waals surface area contributed by atoms with Crippen LogP contribution in [-0.2, 0) is 9.59 Å². The second kappa shape index (κ2) is 10.2. The van der Waals surface area contributed by atoms with Crippen LogP contribution in [0.4, 0.5) is 11.4 Å². The van der Waals surface area contributed by atoms with Gasteiger partial charge in [0.05, 0.1) is 23.3 Å². The molecular formula is C20H23ClN2O3S. The lowest BCUT2D eigenvalue weighted by molar-refractivity contribution is -0.115. The van der Waals surface area contributed by atoms with Crippen molar-refractivity contribution < 1.29 is 14.3 Å². The number of halogens is 1. The Balaban J connectivity index is 1.85. The lowest BCUT2D eigenvalue weighted by Gasteiger charge is -2.14. The fraction of sp³-hybridized carbons (Fsp3) is 0.300. The Kier molecular flexibility index (Phi) is 8.00. The SMILES string of the molecule is CCOc1ccccc1NC(=O)CS[C@H](C)C(=O)Nc1ccc(C)c(Cl)c1. The Hall–Kier alpha value is -2.18. The van der Waals surface area contributed by atoms with Gasteiger partial charge in [-0.25, -0.2) is 0 Å². The van der Waals surface area contributed by atoms with Crippen LogP contribution in [-0.4, -0.2) is 29.4 Å². The van der Waals surface area contributed by atoms with Crippen LogP contribution in [0.3, 0.4) is 0 Å². The molecule has 2 amide bonds. The molecule has 0 aliphatic carbocycles. The van der Waals surface area contributed by atoms with Gasteiger partial charge in [-0.2, -0.15) is 0 Å². The topological polar surface area (TPSA) is 67.4 Å². The number of carbonyl (C=O) groups is 2. The van der Waals surface area contributed by atoms with Crippen molar-refractivity contribution >= 4 is 46.6 Å². The maximum absolute atomic E-state index is 12.3. The summed E-state index contributed by atoms with van der Waals surface area (Å²) in [6.07, 6.45) is 0. The highest BCUT2D eigenvalue weighted by Gasteiger charge is 2.16. The molecule has 0 unspecified atom stereocenters. The van der Waals surface area contributed by atoms with Crippen LogP contribution in [0.1, 0.15) is 19.4 Å². The summed E-state index contributed by atoms with van der Waals surface area (Å²) in [7, 11) is 0. The lowest BCUT2D eigenvalue weighted by atomic mass is 10.2. The predicted molar refractivity (Wildman–Crippen MR) is 113 cm³/mol. The van der Waals surface area contributed by atoms with E-state index in [9.17, 15) is 9.59 Å². The largest absolute Gasteiger partial charge is 0.492 e. The number of nitrogens with one attached hydrogen (secondary N) is 2. The van der Waals surface area contributed by atoms with E-state index in [0.29, 0.717) is 28.8 Å². The van der Waals surface area contributed by atoms with E-state index >= 15 is 0 Å². The summed E-state index contributed by atoms with van der Waals surface area (Å²) in [5.74, 6) is 0.414. The van der Waals surface area contributed by atoms with Gasteiger partial charge in [-0.05, 0) is 50.6 Å². The Morgan fingerprint density at radius 2 is 1.93 bits per heavy atom. The minimum absolute atomic E-state index is 0.156. The Bertz CT molecular complexity index is 814. The van der Waals surface area contributed by atoms with E-state index < -0.39 is 5.25 Å². The van der Waals surface area contributed by atoms with Gasteiger partial charge in [-0.3, -0.25) is 9.59 Å². The molecule has 0 fully saturated rings. The fourth-order valence-corrected chi connectivity index (χ4v) is 3.09. The first-order valence-electron chi connectivity index (χ1n) is 8.61. The molecule has 0 saturated carbocycles. The summed E-state index contributed by atoms with van der Waals surface area (Å²) in [5, 5.41) is 5.84. The molecule has 144 valence electrons. The third-order valence-corrected chi connectivity index (χ3v) is 5.28. The van der Waals surface area contributed by atoms with Crippen molar-refractivity contribution in [2.24, 2.45) is 0 Å². The van der Waals surface area contributed by atoms with E-state index in [1.54, 1.807) is 31.2 Å². The second-order valence-corrected chi connectivity index (χ2v) is 7.62. The number of benzene rings is 2. The van der Waals surface area contributed by atoms with Crippen molar-refractivity contribution in [1.82, 2.24) is 0 Å². The average Bonchev–Trinajstić information content (AvgIpc) is 2.64. The highest BCUT2D eigenvalue weighted by molar-refractivity contribution is 8.01. The third kappa shape index (κ3) is 6.48. The third-order valence-electron chi connectivity index (χ3n) is 3.73. The van der Waals surface area contributed by atoms with Crippen LogP contribution in [0.15, 0.2) is 42.5 Å². The average molecular weight is 407 g/mol. The molecule has 2 aromatic carbocycles. The number of anilines is 2. The van der Waals surface area contributed by atoms with Gasteiger partial charge in [0, 0.05) is 10.7 Å². The number of carbonyl (C=O) groups excluding carboxylic acids is 2. The minimum atomic E-state index is -0.391. The summed E-state index contributed by atoms with van der Waals surface area (Å²) in [4.78, 5) is 24.5. The van der Waals surface area contributed by atoms with Crippen LogP contribution in [0.25, 0.3) is 0 Å². The number of amides is 2. The van der Waals surface area contributed by atoms with Crippen molar-refractivity contribution in [1.29, 1.82) is 0 Å². The normalized spacial score (nSPS) is 11.6. The molecule has 2 N–H and O–H groups in total. The van der Waals surface area contributed by atoms with Crippen LogP contribution in [0.5, 0.6) is 5.75 Å². The molecule has 0 saturated heterocycles. The van der Waals surface area contributed by atoms with Crippen molar-refractivity contribution in [2.45, 2.75) is 26.0 Å². The summed E-state index contributed by atoms with van der Waals surface area (Å²) >= 11 is 7.33. The standard InChI is InChI=1S/C20H23ClN2O3S/c1-4-26-18-8-6-5-7-17(18)23-19(24)12-27-14(3)20(25)22-15-10-9-13(2)16(21)11-15/h5-11,14H,4,12H2,1-3H3,(H,22,25)(H,23,24)/t14-/m1/s1. The monoisotopic (exact) mass is 406 g/mol. The summed E-state index contributed by atoms with van der Waals surface area (Å²) in [5.41, 5.74) is 2.20. The molecule has 0 spiro atoms. The molecule has 0 heterocycles. The van der Waals surface area contributed by atoms with Crippen molar-refractivity contribution in [3.63, 3.8) is 0 Å². The van der Waals surface area contributed by atoms with Gasteiger partial charge in [0.15, 0.2) is 0 Å². The summed E-state index contributed by atoms with van der Waals surface area (Å²) < 4.78 is 5.49. The van der Waals surface area contributed by atoms with E-state index in [2.05, 4.69) is 10.6 Å². The molecule has 0 aliphatic heterocycles. The van der Waals surface area contributed by atoms with Gasteiger partial charge in [0.2, 0.25) is 11.8 Å². The zero-order valence-corrected chi connectivity index (χ0v) is 17.1.